The summed E-state index contributed by atoms with van der Waals surface area (Å²) in [5, 5.41) is 3.14. The number of nitrogens with zero attached hydrogens (tertiary/aromatic N) is 2. The molecule has 0 unspecified atom stereocenters. The summed E-state index contributed by atoms with van der Waals surface area (Å²) in [5.41, 5.74) is 11.7. The Morgan fingerprint density at radius 1 is 1.15 bits per heavy atom. The molecular weight excluding hydrogens is 451 g/mol. The minimum Gasteiger partial charge on any atom is -0.370 e. The van der Waals surface area contributed by atoms with Crippen LogP contribution in [0.15, 0.2) is 47.5 Å². The van der Waals surface area contributed by atoms with Crippen LogP contribution in [0.25, 0.3) is 0 Å². The third kappa shape index (κ3) is 5.69. The topological polar surface area (TPSA) is 70.7 Å². The second-order valence-corrected chi connectivity index (χ2v) is 6.81. The van der Waals surface area contributed by atoms with Gasteiger partial charge in [0.1, 0.15) is 0 Å². The van der Waals surface area contributed by atoms with Gasteiger partial charge >= 0.3 is 0 Å². The number of nitrogens with one attached hydrogen (secondary N) is 1. The fourth-order valence-corrected chi connectivity index (χ4v) is 3.12. The van der Waals surface area contributed by atoms with Crippen LogP contribution in [-0.4, -0.2) is 23.3 Å². The lowest BCUT2D eigenvalue weighted by Gasteiger charge is -2.17. The van der Waals surface area contributed by atoms with Gasteiger partial charge in [-0.3, -0.25) is 4.79 Å². The van der Waals surface area contributed by atoms with Crippen molar-refractivity contribution in [1.82, 2.24) is 4.90 Å². The molecule has 1 aliphatic heterocycles. The molecule has 0 radical (unpaired) electrons. The third-order valence-electron chi connectivity index (χ3n) is 4.85. The zero-order chi connectivity index (χ0) is 18.5. The Labute approximate surface area is 178 Å². The summed E-state index contributed by atoms with van der Waals surface area (Å²) in [6.07, 6.45) is 1.61. The van der Waals surface area contributed by atoms with Gasteiger partial charge < -0.3 is 16.0 Å². The molecule has 1 amide bonds. The number of carbonyl (C=O) groups is 1. The minimum absolute atomic E-state index is 0. The Bertz CT molecular complexity index is 835. The number of aryl methyl sites for hydroxylation is 2. The van der Waals surface area contributed by atoms with Crippen LogP contribution in [0, 0.1) is 13.8 Å². The summed E-state index contributed by atoms with van der Waals surface area (Å²) in [5.74, 6) is 0.625. The summed E-state index contributed by atoms with van der Waals surface area (Å²) < 4.78 is 0. The molecule has 1 aliphatic rings. The predicted molar refractivity (Wildman–Crippen MR) is 121 cm³/mol. The number of benzene rings is 2. The van der Waals surface area contributed by atoms with E-state index in [9.17, 15) is 4.79 Å². The van der Waals surface area contributed by atoms with Crippen LogP contribution in [0.5, 0.6) is 0 Å². The van der Waals surface area contributed by atoms with Crippen molar-refractivity contribution in [3.8, 4) is 0 Å². The fourth-order valence-electron chi connectivity index (χ4n) is 3.12. The van der Waals surface area contributed by atoms with Gasteiger partial charge in [-0.2, -0.15) is 0 Å². The van der Waals surface area contributed by atoms with Crippen molar-refractivity contribution >= 4 is 41.5 Å². The summed E-state index contributed by atoms with van der Waals surface area (Å²) >= 11 is 0. The Kier molecular flexibility index (Phi) is 7.65. The van der Waals surface area contributed by atoms with E-state index in [1.54, 1.807) is 0 Å². The highest BCUT2D eigenvalue weighted by molar-refractivity contribution is 14.0. The number of amides is 1. The van der Waals surface area contributed by atoms with Crippen LogP contribution in [-0.2, 0) is 17.9 Å². The molecule has 0 saturated carbocycles. The van der Waals surface area contributed by atoms with Gasteiger partial charge in [-0.15, -0.1) is 24.0 Å². The third-order valence-corrected chi connectivity index (χ3v) is 4.85. The normalized spacial score (nSPS) is 14.2. The van der Waals surface area contributed by atoms with Gasteiger partial charge in [0.15, 0.2) is 5.96 Å². The van der Waals surface area contributed by atoms with E-state index < -0.39 is 0 Å². The molecule has 144 valence electrons. The number of anilines is 1. The molecule has 2 aromatic rings. The number of halogens is 1. The van der Waals surface area contributed by atoms with Crippen molar-refractivity contribution in [3.63, 3.8) is 0 Å². The Hall–Kier alpha value is -2.09. The molecule has 2 aromatic carbocycles. The number of carbonyl (C=O) groups excluding carboxylic acids is 1. The second-order valence-electron chi connectivity index (χ2n) is 6.81. The predicted octanol–water partition coefficient (Wildman–Crippen LogP) is 3.97. The van der Waals surface area contributed by atoms with Crippen molar-refractivity contribution in [3.05, 3.63) is 64.7 Å². The maximum absolute atomic E-state index is 11.9. The summed E-state index contributed by atoms with van der Waals surface area (Å²) in [4.78, 5) is 18.3. The molecule has 3 rings (SSSR count). The molecule has 3 N–H and O–H groups in total. The highest BCUT2D eigenvalue weighted by atomic mass is 127. The molecule has 0 atom stereocenters. The van der Waals surface area contributed by atoms with E-state index in [0.717, 1.165) is 29.8 Å². The second kappa shape index (κ2) is 9.73. The first kappa shape index (κ1) is 21.2. The Balaban J connectivity index is 0.00000261. The number of aliphatic imine (C=N–C) groups is 1. The van der Waals surface area contributed by atoms with Crippen molar-refractivity contribution in [2.24, 2.45) is 10.7 Å². The first-order valence-corrected chi connectivity index (χ1v) is 9.01. The van der Waals surface area contributed by atoms with Gasteiger partial charge in [-0.25, -0.2) is 4.99 Å². The maximum atomic E-state index is 11.9. The van der Waals surface area contributed by atoms with Gasteiger partial charge in [0.2, 0.25) is 5.91 Å². The van der Waals surface area contributed by atoms with E-state index in [2.05, 4.69) is 42.4 Å². The van der Waals surface area contributed by atoms with Gasteiger partial charge in [0.25, 0.3) is 0 Å². The maximum Gasteiger partial charge on any atom is 0.222 e. The molecule has 6 heteroatoms. The SMILES string of the molecule is Cc1ccc(NC(N)=NCc2ccccc2CN2CCCC2=O)cc1C.I. The van der Waals surface area contributed by atoms with Crippen LogP contribution in [0.4, 0.5) is 5.69 Å². The number of guanidine groups is 1. The highest BCUT2D eigenvalue weighted by Gasteiger charge is 2.20. The average Bonchev–Trinajstić information content (AvgIpc) is 3.02. The minimum atomic E-state index is 0. The molecule has 27 heavy (non-hydrogen) atoms. The lowest BCUT2D eigenvalue weighted by molar-refractivity contribution is -0.128. The number of likely N-dealkylation sites (tertiary alicyclic amines) is 1. The van der Waals surface area contributed by atoms with E-state index in [1.807, 2.05) is 29.2 Å². The molecule has 0 bridgehead atoms. The zero-order valence-corrected chi connectivity index (χ0v) is 18.2. The molecule has 0 aromatic heterocycles. The number of hydrogen-bond donors (Lipinski definition) is 2. The first-order chi connectivity index (χ1) is 12.5. The largest absolute Gasteiger partial charge is 0.370 e. The van der Waals surface area contributed by atoms with E-state index in [4.69, 9.17) is 5.73 Å². The van der Waals surface area contributed by atoms with Gasteiger partial charge in [-0.1, -0.05) is 30.3 Å². The van der Waals surface area contributed by atoms with Crippen molar-refractivity contribution in [2.45, 2.75) is 39.8 Å². The van der Waals surface area contributed by atoms with E-state index >= 15 is 0 Å². The number of nitrogens with two attached hydrogens (primary N) is 1. The van der Waals surface area contributed by atoms with E-state index in [1.165, 1.54) is 11.1 Å². The molecule has 0 spiro atoms. The van der Waals surface area contributed by atoms with Gasteiger partial charge in [0.05, 0.1) is 6.54 Å². The Morgan fingerprint density at radius 2 is 1.89 bits per heavy atom. The molecule has 0 aliphatic carbocycles. The summed E-state index contributed by atoms with van der Waals surface area (Å²) in [6.45, 7) is 6.13. The lowest BCUT2D eigenvalue weighted by Crippen LogP contribution is -2.25. The molecule has 1 fully saturated rings. The Morgan fingerprint density at radius 3 is 2.56 bits per heavy atom. The van der Waals surface area contributed by atoms with Crippen molar-refractivity contribution < 1.29 is 4.79 Å². The molecule has 5 nitrogen and oxygen atoms in total. The monoisotopic (exact) mass is 478 g/mol. The average molecular weight is 478 g/mol. The smallest absolute Gasteiger partial charge is 0.222 e. The quantitative estimate of drug-likeness (QED) is 0.388. The fraction of sp³-hybridized carbons (Fsp3) is 0.333. The molecule has 1 saturated heterocycles. The molecule has 1 heterocycles. The summed E-state index contributed by atoms with van der Waals surface area (Å²) in [7, 11) is 0. The highest BCUT2D eigenvalue weighted by Crippen LogP contribution is 2.18. The number of rotatable bonds is 5. The zero-order valence-electron chi connectivity index (χ0n) is 15.9. The van der Waals surface area contributed by atoms with Gasteiger partial charge in [-0.05, 0) is 54.7 Å². The van der Waals surface area contributed by atoms with Crippen molar-refractivity contribution in [1.29, 1.82) is 0 Å². The lowest BCUT2D eigenvalue weighted by atomic mass is 10.1. The summed E-state index contributed by atoms with van der Waals surface area (Å²) in [6, 6.07) is 14.2. The van der Waals surface area contributed by atoms with Crippen LogP contribution in [0.3, 0.4) is 0 Å². The van der Waals surface area contributed by atoms with E-state index in [-0.39, 0.29) is 29.9 Å². The van der Waals surface area contributed by atoms with Gasteiger partial charge in [0, 0.05) is 25.2 Å². The van der Waals surface area contributed by atoms with Crippen LogP contribution >= 0.6 is 24.0 Å². The van der Waals surface area contributed by atoms with Crippen LogP contribution < -0.4 is 11.1 Å². The first-order valence-electron chi connectivity index (χ1n) is 9.01. The van der Waals surface area contributed by atoms with Crippen LogP contribution in [0.2, 0.25) is 0 Å². The van der Waals surface area contributed by atoms with E-state index in [0.29, 0.717) is 25.5 Å². The number of hydrogen-bond acceptors (Lipinski definition) is 2. The molecular formula is C21H27IN4O. The standard InChI is InChI=1S/C21H26N4O.HI/c1-15-9-10-19(12-16(15)2)24-21(22)23-13-17-6-3-4-7-18(17)14-25-11-5-8-20(25)26;/h3-4,6-7,9-10,12H,5,8,11,13-14H2,1-2H3,(H3,22,23,24);1H. The van der Waals surface area contributed by atoms with Crippen LogP contribution in [0.1, 0.15) is 35.1 Å². The van der Waals surface area contributed by atoms with Crippen molar-refractivity contribution in [2.75, 3.05) is 11.9 Å².